The standard InChI is InChI=1S/C12H22N2O2S2/c1-4-7-14(6-3)18(15,16)12-8-11(17-10-12)9-13-5-2/h8,10,13H,4-7,9H2,1-3H3. The minimum atomic E-state index is -3.30. The summed E-state index contributed by atoms with van der Waals surface area (Å²) < 4.78 is 26.2. The van der Waals surface area contributed by atoms with E-state index in [2.05, 4.69) is 5.32 Å². The zero-order valence-electron chi connectivity index (χ0n) is 11.3. The quantitative estimate of drug-likeness (QED) is 0.799. The molecule has 0 aliphatic carbocycles. The molecule has 4 nitrogen and oxygen atoms in total. The number of rotatable bonds is 8. The Morgan fingerprint density at radius 3 is 2.61 bits per heavy atom. The van der Waals surface area contributed by atoms with Gasteiger partial charge in [-0.1, -0.05) is 20.8 Å². The molecule has 0 radical (unpaired) electrons. The molecule has 0 fully saturated rings. The van der Waals surface area contributed by atoms with E-state index in [4.69, 9.17) is 0 Å². The van der Waals surface area contributed by atoms with Gasteiger partial charge in [0.2, 0.25) is 10.0 Å². The summed E-state index contributed by atoms with van der Waals surface area (Å²) in [6, 6.07) is 1.78. The number of nitrogens with one attached hydrogen (secondary N) is 1. The summed E-state index contributed by atoms with van der Waals surface area (Å²) in [6.45, 7) is 8.62. The van der Waals surface area contributed by atoms with E-state index in [0.717, 1.165) is 24.4 Å². The summed E-state index contributed by atoms with van der Waals surface area (Å²) in [5.74, 6) is 0. The molecule has 1 rings (SSSR count). The third kappa shape index (κ3) is 3.78. The summed E-state index contributed by atoms with van der Waals surface area (Å²) in [5, 5.41) is 4.94. The fourth-order valence-corrected chi connectivity index (χ4v) is 4.46. The van der Waals surface area contributed by atoms with Gasteiger partial charge in [0, 0.05) is 29.9 Å². The first kappa shape index (κ1) is 15.6. The summed E-state index contributed by atoms with van der Waals surface area (Å²) in [5.41, 5.74) is 0. The van der Waals surface area contributed by atoms with Gasteiger partial charge in [-0.25, -0.2) is 8.42 Å². The molecule has 1 aromatic rings. The van der Waals surface area contributed by atoms with Crippen molar-refractivity contribution in [2.75, 3.05) is 19.6 Å². The van der Waals surface area contributed by atoms with E-state index in [-0.39, 0.29) is 0 Å². The third-order valence-electron chi connectivity index (χ3n) is 2.64. The van der Waals surface area contributed by atoms with E-state index >= 15 is 0 Å². The second-order valence-corrected chi connectivity index (χ2v) is 6.96. The van der Waals surface area contributed by atoms with Crippen LogP contribution in [0, 0.1) is 0 Å². The molecule has 0 aliphatic heterocycles. The largest absolute Gasteiger partial charge is 0.312 e. The summed E-state index contributed by atoms with van der Waals surface area (Å²) in [7, 11) is -3.30. The molecule has 0 bridgehead atoms. The van der Waals surface area contributed by atoms with Crippen LogP contribution in [0.3, 0.4) is 0 Å². The van der Waals surface area contributed by atoms with Gasteiger partial charge in [0.15, 0.2) is 0 Å². The Kier molecular flexibility index (Phi) is 6.28. The lowest BCUT2D eigenvalue weighted by atomic mass is 10.4. The van der Waals surface area contributed by atoms with E-state index < -0.39 is 10.0 Å². The van der Waals surface area contributed by atoms with Crippen LogP contribution in [0.4, 0.5) is 0 Å². The van der Waals surface area contributed by atoms with E-state index in [9.17, 15) is 8.42 Å². The molecule has 0 aliphatic rings. The molecule has 0 amide bonds. The lowest BCUT2D eigenvalue weighted by molar-refractivity contribution is 0.427. The van der Waals surface area contributed by atoms with Crippen molar-refractivity contribution in [1.82, 2.24) is 9.62 Å². The maximum absolute atomic E-state index is 12.4. The van der Waals surface area contributed by atoms with Crippen LogP contribution in [0.1, 0.15) is 32.1 Å². The van der Waals surface area contributed by atoms with Gasteiger partial charge >= 0.3 is 0 Å². The Bertz CT molecular complexity index is 454. The van der Waals surface area contributed by atoms with Gasteiger partial charge in [-0.15, -0.1) is 11.3 Å². The van der Waals surface area contributed by atoms with Gasteiger partial charge in [-0.2, -0.15) is 4.31 Å². The van der Waals surface area contributed by atoms with E-state index in [1.165, 1.54) is 15.6 Å². The molecule has 0 spiro atoms. The minimum absolute atomic E-state index is 0.427. The Morgan fingerprint density at radius 1 is 1.33 bits per heavy atom. The topological polar surface area (TPSA) is 49.4 Å². The lowest BCUT2D eigenvalue weighted by Gasteiger charge is -2.18. The molecule has 1 heterocycles. The van der Waals surface area contributed by atoms with Crippen molar-refractivity contribution in [2.45, 2.75) is 38.6 Å². The molecular formula is C12H22N2O2S2. The number of sulfonamides is 1. The van der Waals surface area contributed by atoms with Crippen molar-refractivity contribution < 1.29 is 8.42 Å². The van der Waals surface area contributed by atoms with Crippen LogP contribution in [-0.2, 0) is 16.6 Å². The molecule has 18 heavy (non-hydrogen) atoms. The Labute approximate surface area is 114 Å². The predicted molar refractivity (Wildman–Crippen MR) is 76.4 cm³/mol. The zero-order chi connectivity index (χ0) is 13.6. The average molecular weight is 290 g/mol. The predicted octanol–water partition coefficient (Wildman–Crippen LogP) is 2.28. The molecular weight excluding hydrogens is 268 g/mol. The van der Waals surface area contributed by atoms with Crippen molar-refractivity contribution in [3.05, 3.63) is 16.3 Å². The SMILES string of the molecule is CCCN(CC)S(=O)(=O)c1csc(CNCC)c1. The van der Waals surface area contributed by atoms with Crippen molar-refractivity contribution in [3.8, 4) is 0 Å². The van der Waals surface area contributed by atoms with Crippen LogP contribution in [0.25, 0.3) is 0 Å². The van der Waals surface area contributed by atoms with Gasteiger partial charge in [0.1, 0.15) is 0 Å². The molecule has 104 valence electrons. The number of hydrogen-bond donors (Lipinski definition) is 1. The Balaban J connectivity index is 2.87. The Hall–Kier alpha value is -0.430. The first-order chi connectivity index (χ1) is 8.56. The average Bonchev–Trinajstić information content (AvgIpc) is 2.82. The number of hydrogen-bond acceptors (Lipinski definition) is 4. The molecule has 0 unspecified atom stereocenters. The third-order valence-corrected chi connectivity index (χ3v) is 5.68. The lowest BCUT2D eigenvalue weighted by Crippen LogP contribution is -2.31. The monoisotopic (exact) mass is 290 g/mol. The highest BCUT2D eigenvalue weighted by atomic mass is 32.2. The Morgan fingerprint density at radius 2 is 2.06 bits per heavy atom. The van der Waals surface area contributed by atoms with Gasteiger partial charge in [0.05, 0.1) is 4.90 Å². The maximum Gasteiger partial charge on any atom is 0.243 e. The van der Waals surface area contributed by atoms with Gasteiger partial charge < -0.3 is 5.32 Å². The number of thiophene rings is 1. The summed E-state index contributed by atoms with van der Waals surface area (Å²) >= 11 is 1.49. The molecule has 0 atom stereocenters. The zero-order valence-corrected chi connectivity index (χ0v) is 12.9. The van der Waals surface area contributed by atoms with Crippen LogP contribution in [0.2, 0.25) is 0 Å². The second-order valence-electron chi connectivity index (χ2n) is 4.03. The molecule has 1 aromatic heterocycles. The summed E-state index contributed by atoms with van der Waals surface area (Å²) in [4.78, 5) is 1.48. The fourth-order valence-electron chi connectivity index (χ4n) is 1.68. The molecule has 6 heteroatoms. The summed E-state index contributed by atoms with van der Waals surface area (Å²) in [6.07, 6.45) is 0.835. The minimum Gasteiger partial charge on any atom is -0.312 e. The normalized spacial score (nSPS) is 12.2. The van der Waals surface area contributed by atoms with Crippen molar-refractivity contribution in [3.63, 3.8) is 0 Å². The van der Waals surface area contributed by atoms with E-state index in [0.29, 0.717) is 18.0 Å². The molecule has 0 saturated heterocycles. The highest BCUT2D eigenvalue weighted by Gasteiger charge is 2.23. The van der Waals surface area contributed by atoms with Gasteiger partial charge in [0.25, 0.3) is 0 Å². The molecule has 0 aromatic carbocycles. The van der Waals surface area contributed by atoms with Crippen LogP contribution in [0.15, 0.2) is 16.3 Å². The first-order valence-electron chi connectivity index (χ1n) is 6.34. The van der Waals surface area contributed by atoms with E-state index in [1.807, 2.05) is 20.8 Å². The second kappa shape index (κ2) is 7.23. The van der Waals surface area contributed by atoms with Gasteiger partial charge in [-0.05, 0) is 19.0 Å². The number of nitrogens with zero attached hydrogens (tertiary/aromatic N) is 1. The maximum atomic E-state index is 12.4. The van der Waals surface area contributed by atoms with Crippen molar-refractivity contribution >= 4 is 21.4 Å². The van der Waals surface area contributed by atoms with Crippen LogP contribution >= 0.6 is 11.3 Å². The van der Waals surface area contributed by atoms with Crippen molar-refractivity contribution in [1.29, 1.82) is 0 Å². The molecule has 1 N–H and O–H groups in total. The molecule has 0 saturated carbocycles. The fraction of sp³-hybridized carbons (Fsp3) is 0.667. The van der Waals surface area contributed by atoms with Crippen LogP contribution < -0.4 is 5.32 Å². The highest BCUT2D eigenvalue weighted by molar-refractivity contribution is 7.89. The smallest absolute Gasteiger partial charge is 0.243 e. The van der Waals surface area contributed by atoms with Gasteiger partial charge in [-0.3, -0.25) is 0 Å². The van der Waals surface area contributed by atoms with Crippen LogP contribution in [0.5, 0.6) is 0 Å². The van der Waals surface area contributed by atoms with Crippen molar-refractivity contribution in [2.24, 2.45) is 0 Å². The van der Waals surface area contributed by atoms with E-state index in [1.54, 1.807) is 11.4 Å². The van der Waals surface area contributed by atoms with Crippen LogP contribution in [-0.4, -0.2) is 32.4 Å². The first-order valence-corrected chi connectivity index (χ1v) is 8.66. The highest BCUT2D eigenvalue weighted by Crippen LogP contribution is 2.22.